The van der Waals surface area contributed by atoms with Gasteiger partial charge in [-0.2, -0.15) is 5.10 Å². The van der Waals surface area contributed by atoms with Gasteiger partial charge in [0.1, 0.15) is 5.75 Å². The molecule has 4 aromatic rings. The molecule has 41 heavy (non-hydrogen) atoms. The molecule has 1 amide bonds. The molecule has 1 aromatic heterocycles. The van der Waals surface area contributed by atoms with Gasteiger partial charge < -0.3 is 19.7 Å². The Kier molecular flexibility index (Phi) is 8.73. The molecule has 3 aromatic carbocycles. The SMILES string of the molecule is CCOC(=O)C1CCCN(C(=O)c2cccc(Nc3c(Oc4ccccc4)cnn(Cc4ccccc4)c3=O)c2)C1. The second-order valence-corrected chi connectivity index (χ2v) is 9.80. The maximum absolute atomic E-state index is 13.6. The zero-order valence-corrected chi connectivity index (χ0v) is 22.9. The number of carbonyl (C=O) groups excluding carboxylic acids is 2. The number of para-hydroxylation sites is 1. The van der Waals surface area contributed by atoms with Crippen LogP contribution in [0, 0.1) is 5.92 Å². The Bertz CT molecular complexity index is 1560. The van der Waals surface area contributed by atoms with Crippen LogP contribution in [0.1, 0.15) is 35.7 Å². The van der Waals surface area contributed by atoms with E-state index < -0.39 is 0 Å². The largest absolute Gasteiger partial charge is 0.466 e. The highest BCUT2D eigenvalue weighted by molar-refractivity contribution is 5.95. The summed E-state index contributed by atoms with van der Waals surface area (Å²) < 4.78 is 12.6. The molecule has 5 rings (SSSR count). The number of nitrogens with zero attached hydrogens (tertiary/aromatic N) is 3. The molecule has 1 N–H and O–H groups in total. The molecule has 1 aliphatic rings. The lowest BCUT2D eigenvalue weighted by atomic mass is 9.97. The first-order chi connectivity index (χ1) is 20.0. The van der Waals surface area contributed by atoms with Gasteiger partial charge in [-0.1, -0.05) is 54.6 Å². The van der Waals surface area contributed by atoms with Crippen molar-refractivity contribution in [2.75, 3.05) is 25.0 Å². The van der Waals surface area contributed by atoms with Crippen LogP contribution in [0.25, 0.3) is 0 Å². The van der Waals surface area contributed by atoms with Gasteiger partial charge in [0.15, 0.2) is 11.4 Å². The van der Waals surface area contributed by atoms with E-state index in [2.05, 4.69) is 10.4 Å². The summed E-state index contributed by atoms with van der Waals surface area (Å²) in [7, 11) is 0. The fourth-order valence-corrected chi connectivity index (χ4v) is 4.82. The van der Waals surface area contributed by atoms with Gasteiger partial charge in [-0.25, -0.2) is 4.68 Å². The summed E-state index contributed by atoms with van der Waals surface area (Å²) in [5, 5.41) is 7.54. The fourth-order valence-electron chi connectivity index (χ4n) is 4.82. The van der Waals surface area contributed by atoms with Crippen molar-refractivity contribution in [3.8, 4) is 11.5 Å². The highest BCUT2D eigenvalue weighted by Gasteiger charge is 2.30. The lowest BCUT2D eigenvalue weighted by Gasteiger charge is -2.31. The number of nitrogens with one attached hydrogen (secondary N) is 1. The Labute approximate surface area is 238 Å². The zero-order valence-electron chi connectivity index (χ0n) is 22.9. The van der Waals surface area contributed by atoms with Crippen LogP contribution in [-0.2, 0) is 16.1 Å². The third-order valence-corrected chi connectivity index (χ3v) is 6.86. The zero-order chi connectivity index (χ0) is 28.6. The molecule has 0 bridgehead atoms. The van der Waals surface area contributed by atoms with Gasteiger partial charge in [-0.05, 0) is 55.7 Å². The molecule has 0 saturated carbocycles. The Morgan fingerprint density at radius 3 is 2.51 bits per heavy atom. The quantitative estimate of drug-likeness (QED) is 0.283. The highest BCUT2D eigenvalue weighted by atomic mass is 16.5. The lowest BCUT2D eigenvalue weighted by molar-refractivity contribution is -0.149. The number of likely N-dealkylation sites (tertiary alicyclic amines) is 1. The molecule has 1 unspecified atom stereocenters. The number of esters is 1. The Morgan fingerprint density at radius 1 is 1.00 bits per heavy atom. The Hall–Kier alpha value is -4.92. The van der Waals surface area contributed by atoms with E-state index in [1.165, 1.54) is 10.9 Å². The number of benzene rings is 3. The van der Waals surface area contributed by atoms with Crippen molar-refractivity contribution in [1.82, 2.24) is 14.7 Å². The van der Waals surface area contributed by atoms with Crippen molar-refractivity contribution in [2.45, 2.75) is 26.3 Å². The molecule has 2 heterocycles. The van der Waals surface area contributed by atoms with Crippen molar-refractivity contribution in [1.29, 1.82) is 0 Å². The van der Waals surface area contributed by atoms with E-state index in [-0.39, 0.29) is 41.3 Å². The van der Waals surface area contributed by atoms with Crippen molar-refractivity contribution < 1.29 is 19.1 Å². The second kappa shape index (κ2) is 13.0. The van der Waals surface area contributed by atoms with Crippen molar-refractivity contribution in [3.63, 3.8) is 0 Å². The minimum absolute atomic E-state index is 0.181. The number of piperidine rings is 1. The topological polar surface area (TPSA) is 103 Å². The number of hydrogen-bond donors (Lipinski definition) is 1. The minimum atomic E-state index is -0.368. The summed E-state index contributed by atoms with van der Waals surface area (Å²) in [6, 6.07) is 25.7. The van der Waals surface area contributed by atoms with E-state index in [0.29, 0.717) is 43.1 Å². The van der Waals surface area contributed by atoms with Crippen LogP contribution in [0.3, 0.4) is 0 Å². The number of rotatable bonds is 9. The van der Waals surface area contributed by atoms with Gasteiger partial charge in [-0.15, -0.1) is 0 Å². The summed E-state index contributed by atoms with van der Waals surface area (Å²) in [6.07, 6.45) is 2.94. The molecule has 210 valence electrons. The first kappa shape index (κ1) is 27.6. The van der Waals surface area contributed by atoms with Gasteiger partial charge >= 0.3 is 5.97 Å². The van der Waals surface area contributed by atoms with Crippen LogP contribution >= 0.6 is 0 Å². The number of anilines is 2. The maximum Gasteiger partial charge on any atom is 0.310 e. The number of ether oxygens (including phenoxy) is 2. The third-order valence-electron chi connectivity index (χ3n) is 6.86. The van der Waals surface area contributed by atoms with E-state index in [4.69, 9.17) is 9.47 Å². The smallest absolute Gasteiger partial charge is 0.310 e. The summed E-state index contributed by atoms with van der Waals surface area (Å²) in [5.74, 6) is 0.0419. The molecule has 1 aliphatic heterocycles. The van der Waals surface area contributed by atoms with E-state index >= 15 is 0 Å². The summed E-state index contributed by atoms with van der Waals surface area (Å²) >= 11 is 0. The van der Waals surface area contributed by atoms with Crippen LogP contribution in [0.2, 0.25) is 0 Å². The normalized spacial score (nSPS) is 14.8. The van der Waals surface area contributed by atoms with Crippen molar-refractivity contribution in [3.05, 3.63) is 113 Å². The molecule has 0 spiro atoms. The molecule has 9 heteroatoms. The van der Waals surface area contributed by atoms with Crippen molar-refractivity contribution in [2.24, 2.45) is 5.92 Å². The average molecular weight is 553 g/mol. The van der Waals surface area contributed by atoms with E-state index in [1.807, 2.05) is 48.5 Å². The minimum Gasteiger partial charge on any atom is -0.466 e. The molecular weight excluding hydrogens is 520 g/mol. The molecular formula is C32H32N4O5. The predicted octanol–water partition coefficient (Wildman–Crippen LogP) is 5.24. The van der Waals surface area contributed by atoms with Crippen LogP contribution < -0.4 is 15.6 Å². The molecule has 9 nitrogen and oxygen atoms in total. The standard InChI is InChI=1S/C32H32N4O5/c1-2-40-32(39)25-14-10-18-35(22-25)30(37)24-13-9-15-26(19-24)34-29-28(41-27-16-7-4-8-17-27)20-33-36(31(29)38)21-23-11-5-3-6-12-23/h3-9,11-13,15-17,19-20,25,34H,2,10,14,18,21-22H2,1H3. The van der Waals surface area contributed by atoms with Crippen LogP contribution in [0.5, 0.6) is 11.5 Å². The Balaban J connectivity index is 1.42. The van der Waals surface area contributed by atoms with Crippen molar-refractivity contribution >= 4 is 23.3 Å². The predicted molar refractivity (Wildman–Crippen MR) is 156 cm³/mol. The number of carbonyl (C=O) groups is 2. The average Bonchev–Trinajstić information content (AvgIpc) is 3.01. The molecule has 0 aliphatic carbocycles. The van der Waals surface area contributed by atoms with E-state index in [9.17, 15) is 14.4 Å². The number of amides is 1. The van der Waals surface area contributed by atoms with Crippen LogP contribution in [0.15, 0.2) is 95.9 Å². The summed E-state index contributed by atoms with van der Waals surface area (Å²) in [4.78, 5) is 41.0. The molecule has 1 atom stereocenters. The first-order valence-corrected chi connectivity index (χ1v) is 13.7. The molecule has 1 fully saturated rings. The monoisotopic (exact) mass is 552 g/mol. The summed E-state index contributed by atoms with van der Waals surface area (Å²) in [5.41, 5.74) is 1.75. The Morgan fingerprint density at radius 2 is 1.76 bits per heavy atom. The third kappa shape index (κ3) is 6.81. The fraction of sp³-hybridized carbons (Fsp3) is 0.250. The number of aromatic nitrogens is 2. The van der Waals surface area contributed by atoms with Gasteiger partial charge in [-0.3, -0.25) is 14.4 Å². The lowest BCUT2D eigenvalue weighted by Crippen LogP contribution is -2.42. The first-order valence-electron chi connectivity index (χ1n) is 13.7. The summed E-state index contributed by atoms with van der Waals surface area (Å²) in [6.45, 7) is 3.26. The number of hydrogen-bond acceptors (Lipinski definition) is 7. The van der Waals surface area contributed by atoms with Crippen LogP contribution in [-0.4, -0.2) is 46.3 Å². The van der Waals surface area contributed by atoms with E-state index in [0.717, 1.165) is 12.0 Å². The maximum atomic E-state index is 13.6. The van der Waals surface area contributed by atoms with Gasteiger partial charge in [0.05, 0.1) is 25.3 Å². The molecule has 1 saturated heterocycles. The second-order valence-electron chi connectivity index (χ2n) is 9.80. The van der Waals surface area contributed by atoms with Crippen LogP contribution in [0.4, 0.5) is 11.4 Å². The molecule has 0 radical (unpaired) electrons. The van der Waals surface area contributed by atoms with Gasteiger partial charge in [0, 0.05) is 24.3 Å². The van der Waals surface area contributed by atoms with Gasteiger partial charge in [0.25, 0.3) is 11.5 Å². The highest BCUT2D eigenvalue weighted by Crippen LogP contribution is 2.29. The van der Waals surface area contributed by atoms with E-state index in [1.54, 1.807) is 48.2 Å². The van der Waals surface area contributed by atoms with Gasteiger partial charge in [0.2, 0.25) is 0 Å².